The van der Waals surface area contributed by atoms with Crippen LogP contribution in [0.15, 0.2) is 41.6 Å². The van der Waals surface area contributed by atoms with E-state index in [9.17, 15) is 8.42 Å². The molecule has 0 aliphatic carbocycles. The van der Waals surface area contributed by atoms with Gasteiger partial charge in [0.1, 0.15) is 0 Å². The molecule has 0 atom stereocenters. The highest BCUT2D eigenvalue weighted by Crippen LogP contribution is 2.27. The minimum Gasteiger partial charge on any atom is -0.378 e. The van der Waals surface area contributed by atoms with Crippen LogP contribution in [0.4, 0.5) is 17.3 Å². The fourth-order valence-corrected chi connectivity index (χ4v) is 3.04. The standard InChI is InChI=1S/C15H18N4O3S/c1-23(20,21)14-10-12(18-15-16-3-2-4-17-15)9-13(11-14)19-5-7-22-8-6-19/h2-4,9-11H,5-8H2,1H3,(H,16,17,18). The SMILES string of the molecule is CS(=O)(=O)c1cc(Nc2ncccn2)cc(N2CCOCC2)c1. The Hall–Kier alpha value is -2.19. The maximum absolute atomic E-state index is 12.0. The normalized spacial score (nSPS) is 15.4. The zero-order valence-corrected chi connectivity index (χ0v) is 13.6. The second-order valence-electron chi connectivity index (χ2n) is 5.28. The van der Waals surface area contributed by atoms with Gasteiger partial charge in [0.2, 0.25) is 5.95 Å². The van der Waals surface area contributed by atoms with Crippen LogP contribution < -0.4 is 10.2 Å². The van der Waals surface area contributed by atoms with Gasteiger partial charge in [0.15, 0.2) is 9.84 Å². The lowest BCUT2D eigenvalue weighted by atomic mass is 10.2. The zero-order chi connectivity index (χ0) is 16.3. The maximum Gasteiger partial charge on any atom is 0.227 e. The van der Waals surface area contributed by atoms with Gasteiger partial charge in [-0.25, -0.2) is 18.4 Å². The van der Waals surface area contributed by atoms with Crippen LogP contribution in [0, 0.1) is 0 Å². The van der Waals surface area contributed by atoms with E-state index in [0.717, 1.165) is 18.8 Å². The fraction of sp³-hybridized carbons (Fsp3) is 0.333. The first-order valence-electron chi connectivity index (χ1n) is 7.24. The highest BCUT2D eigenvalue weighted by molar-refractivity contribution is 7.90. The lowest BCUT2D eigenvalue weighted by Crippen LogP contribution is -2.36. The molecule has 1 N–H and O–H groups in total. The van der Waals surface area contributed by atoms with E-state index in [1.165, 1.54) is 6.26 Å². The molecular formula is C15H18N4O3S. The first kappa shape index (κ1) is 15.7. The number of rotatable bonds is 4. The van der Waals surface area contributed by atoms with Crippen LogP contribution in [-0.2, 0) is 14.6 Å². The molecule has 23 heavy (non-hydrogen) atoms. The van der Waals surface area contributed by atoms with E-state index in [2.05, 4.69) is 20.2 Å². The van der Waals surface area contributed by atoms with Gasteiger partial charge >= 0.3 is 0 Å². The molecule has 2 aromatic rings. The van der Waals surface area contributed by atoms with Crippen LogP contribution in [0.1, 0.15) is 0 Å². The molecule has 1 aromatic carbocycles. The molecular weight excluding hydrogens is 316 g/mol. The molecule has 1 fully saturated rings. The van der Waals surface area contributed by atoms with Crippen LogP contribution in [0.25, 0.3) is 0 Å². The third-order valence-electron chi connectivity index (χ3n) is 3.52. The summed E-state index contributed by atoms with van der Waals surface area (Å²) in [5.74, 6) is 0.422. The Morgan fingerprint density at radius 1 is 1.13 bits per heavy atom. The minimum absolute atomic E-state index is 0.264. The van der Waals surface area contributed by atoms with Crippen molar-refractivity contribution in [2.24, 2.45) is 0 Å². The second kappa shape index (κ2) is 6.51. The summed E-state index contributed by atoms with van der Waals surface area (Å²) < 4.78 is 29.3. The fourth-order valence-electron chi connectivity index (χ4n) is 2.37. The number of morpholine rings is 1. The number of anilines is 3. The Balaban J connectivity index is 1.97. The van der Waals surface area contributed by atoms with Crippen molar-refractivity contribution in [2.45, 2.75) is 4.90 Å². The van der Waals surface area contributed by atoms with Gasteiger partial charge in [-0.05, 0) is 24.3 Å². The average Bonchev–Trinajstić information content (AvgIpc) is 2.55. The van der Waals surface area contributed by atoms with Gasteiger partial charge < -0.3 is 15.0 Å². The molecule has 0 amide bonds. The molecule has 0 saturated carbocycles. The summed E-state index contributed by atoms with van der Waals surface area (Å²) in [5, 5.41) is 3.05. The van der Waals surface area contributed by atoms with Crippen molar-refractivity contribution in [3.63, 3.8) is 0 Å². The number of sulfone groups is 1. The topological polar surface area (TPSA) is 84.4 Å². The molecule has 0 unspecified atom stereocenters. The third kappa shape index (κ3) is 3.96. The van der Waals surface area contributed by atoms with Crippen molar-refractivity contribution < 1.29 is 13.2 Å². The Morgan fingerprint density at radius 3 is 2.48 bits per heavy atom. The number of ether oxygens (including phenoxy) is 1. The van der Waals surface area contributed by atoms with Crippen molar-refractivity contribution in [2.75, 3.05) is 42.8 Å². The van der Waals surface area contributed by atoms with Crippen molar-refractivity contribution in [1.82, 2.24) is 9.97 Å². The summed E-state index contributed by atoms with van der Waals surface area (Å²) in [5.41, 5.74) is 1.48. The van der Waals surface area contributed by atoms with E-state index in [1.807, 2.05) is 6.07 Å². The van der Waals surface area contributed by atoms with Crippen LogP contribution in [0.5, 0.6) is 0 Å². The van der Waals surface area contributed by atoms with Gasteiger partial charge in [-0.1, -0.05) is 0 Å². The Kier molecular flexibility index (Phi) is 4.44. The minimum atomic E-state index is -3.32. The number of hydrogen-bond acceptors (Lipinski definition) is 7. The molecule has 122 valence electrons. The molecule has 0 radical (unpaired) electrons. The van der Waals surface area contributed by atoms with Gasteiger partial charge in [0.25, 0.3) is 0 Å². The Labute approximate surface area is 135 Å². The van der Waals surface area contributed by atoms with Gasteiger partial charge in [0.05, 0.1) is 18.1 Å². The average molecular weight is 334 g/mol. The molecule has 8 heteroatoms. The summed E-state index contributed by atoms with van der Waals surface area (Å²) in [7, 11) is -3.32. The summed E-state index contributed by atoms with van der Waals surface area (Å²) in [6, 6.07) is 6.90. The highest BCUT2D eigenvalue weighted by atomic mass is 32.2. The lowest BCUT2D eigenvalue weighted by Gasteiger charge is -2.29. The molecule has 0 bridgehead atoms. The van der Waals surface area contributed by atoms with E-state index in [1.54, 1.807) is 30.6 Å². The van der Waals surface area contributed by atoms with Crippen molar-refractivity contribution in [1.29, 1.82) is 0 Å². The second-order valence-corrected chi connectivity index (χ2v) is 7.30. The van der Waals surface area contributed by atoms with Gasteiger partial charge in [-0.3, -0.25) is 0 Å². The van der Waals surface area contributed by atoms with Crippen molar-refractivity contribution in [3.05, 3.63) is 36.7 Å². The number of nitrogens with one attached hydrogen (secondary N) is 1. The molecule has 1 aromatic heterocycles. The predicted molar refractivity (Wildman–Crippen MR) is 87.9 cm³/mol. The van der Waals surface area contributed by atoms with Gasteiger partial charge in [-0.15, -0.1) is 0 Å². The predicted octanol–water partition coefficient (Wildman–Crippen LogP) is 1.46. The third-order valence-corrected chi connectivity index (χ3v) is 4.61. The van der Waals surface area contributed by atoms with Crippen LogP contribution in [-0.4, -0.2) is 50.9 Å². The molecule has 3 rings (SSSR count). The molecule has 1 aliphatic heterocycles. The summed E-state index contributed by atoms with van der Waals surface area (Å²) in [6.45, 7) is 2.73. The number of hydrogen-bond donors (Lipinski definition) is 1. The van der Waals surface area contributed by atoms with Crippen LogP contribution in [0.3, 0.4) is 0 Å². The molecule has 0 spiro atoms. The summed E-state index contributed by atoms with van der Waals surface area (Å²) in [4.78, 5) is 10.6. The Bertz CT molecular complexity index is 775. The monoisotopic (exact) mass is 334 g/mol. The molecule has 1 saturated heterocycles. The van der Waals surface area contributed by atoms with Crippen molar-refractivity contribution >= 4 is 27.2 Å². The first-order chi connectivity index (χ1) is 11.0. The first-order valence-corrected chi connectivity index (χ1v) is 9.13. The van der Waals surface area contributed by atoms with Crippen molar-refractivity contribution in [3.8, 4) is 0 Å². The number of benzene rings is 1. The van der Waals surface area contributed by atoms with Crippen LogP contribution >= 0.6 is 0 Å². The highest BCUT2D eigenvalue weighted by Gasteiger charge is 2.16. The lowest BCUT2D eigenvalue weighted by molar-refractivity contribution is 0.122. The van der Waals surface area contributed by atoms with E-state index >= 15 is 0 Å². The van der Waals surface area contributed by atoms with E-state index in [4.69, 9.17) is 4.74 Å². The van der Waals surface area contributed by atoms with E-state index in [0.29, 0.717) is 24.8 Å². The molecule has 1 aliphatic rings. The summed E-state index contributed by atoms with van der Waals surface area (Å²) >= 11 is 0. The number of nitrogens with zero attached hydrogens (tertiary/aromatic N) is 3. The zero-order valence-electron chi connectivity index (χ0n) is 12.8. The Morgan fingerprint density at radius 2 is 1.83 bits per heavy atom. The van der Waals surface area contributed by atoms with Gasteiger partial charge in [0, 0.05) is 43.1 Å². The van der Waals surface area contributed by atoms with Gasteiger partial charge in [-0.2, -0.15) is 0 Å². The summed E-state index contributed by atoms with van der Waals surface area (Å²) in [6.07, 6.45) is 4.45. The molecule has 7 nitrogen and oxygen atoms in total. The maximum atomic E-state index is 12.0. The van der Waals surface area contributed by atoms with E-state index in [-0.39, 0.29) is 4.90 Å². The molecule has 2 heterocycles. The smallest absolute Gasteiger partial charge is 0.227 e. The quantitative estimate of drug-likeness (QED) is 0.906. The largest absolute Gasteiger partial charge is 0.378 e. The number of aromatic nitrogens is 2. The van der Waals surface area contributed by atoms with E-state index < -0.39 is 9.84 Å². The van der Waals surface area contributed by atoms with Crippen LogP contribution in [0.2, 0.25) is 0 Å².